The lowest BCUT2D eigenvalue weighted by Gasteiger charge is -2.13. The topological polar surface area (TPSA) is 17.1 Å². The highest BCUT2D eigenvalue weighted by atomic mass is 16.1. The number of carbonyl (C=O) groups excluding carboxylic acids is 1. The molecule has 0 aromatic heterocycles. The maximum atomic E-state index is 11.9. The van der Waals surface area contributed by atoms with Gasteiger partial charge in [-0.25, -0.2) is 0 Å². The zero-order valence-corrected chi connectivity index (χ0v) is 16.1. The summed E-state index contributed by atoms with van der Waals surface area (Å²) in [5.41, 5.74) is 1.29. The zero-order valence-electron chi connectivity index (χ0n) is 16.1. The molecule has 0 bridgehead atoms. The van der Waals surface area contributed by atoms with Gasteiger partial charge in [0.2, 0.25) is 0 Å². The number of hydrogen-bond donors (Lipinski definition) is 0. The van der Waals surface area contributed by atoms with E-state index in [0.717, 1.165) is 12.8 Å². The smallest absolute Gasteiger partial charge is 0.133 e. The summed E-state index contributed by atoms with van der Waals surface area (Å²) in [6.07, 6.45) is 17.0. The minimum absolute atomic E-state index is 0.214. The van der Waals surface area contributed by atoms with E-state index in [1.54, 1.807) is 6.92 Å². The van der Waals surface area contributed by atoms with E-state index in [1.807, 2.05) is 6.07 Å². The highest BCUT2D eigenvalue weighted by Gasteiger charge is 2.14. The van der Waals surface area contributed by atoms with Crippen molar-refractivity contribution in [3.63, 3.8) is 0 Å². The first-order valence-electron chi connectivity index (χ1n) is 10.3. The van der Waals surface area contributed by atoms with E-state index >= 15 is 0 Å². The second-order valence-electron chi connectivity index (χ2n) is 7.32. The van der Waals surface area contributed by atoms with Crippen LogP contribution in [0.3, 0.4) is 0 Å². The number of ketones is 1. The maximum Gasteiger partial charge on any atom is 0.133 e. The van der Waals surface area contributed by atoms with Crippen molar-refractivity contribution in [3.8, 4) is 0 Å². The SMILES string of the molecule is CCCCCCCCCCCCCC(Cc1ccccc1)C(C)=O. The second-order valence-corrected chi connectivity index (χ2v) is 7.32. The van der Waals surface area contributed by atoms with Crippen molar-refractivity contribution in [2.75, 3.05) is 0 Å². The fourth-order valence-electron chi connectivity index (χ4n) is 3.40. The third kappa shape index (κ3) is 10.6. The van der Waals surface area contributed by atoms with Gasteiger partial charge in [-0.15, -0.1) is 0 Å². The van der Waals surface area contributed by atoms with Crippen LogP contribution in [-0.2, 0) is 11.2 Å². The average Bonchev–Trinajstić information content (AvgIpc) is 2.59. The minimum Gasteiger partial charge on any atom is -0.300 e. The van der Waals surface area contributed by atoms with Gasteiger partial charge < -0.3 is 0 Å². The predicted octanol–water partition coefficient (Wildman–Crippen LogP) is 7.14. The molecule has 0 radical (unpaired) electrons. The first-order chi connectivity index (χ1) is 11.7. The molecule has 0 fully saturated rings. The van der Waals surface area contributed by atoms with Crippen molar-refractivity contribution in [2.45, 2.75) is 97.3 Å². The van der Waals surface area contributed by atoms with Crippen LogP contribution in [0.1, 0.15) is 96.5 Å². The Labute approximate surface area is 150 Å². The van der Waals surface area contributed by atoms with E-state index < -0.39 is 0 Å². The highest BCUT2D eigenvalue weighted by Crippen LogP contribution is 2.18. The first-order valence-corrected chi connectivity index (χ1v) is 10.3. The Morgan fingerprint density at radius 3 is 1.79 bits per heavy atom. The largest absolute Gasteiger partial charge is 0.300 e. The Balaban J connectivity index is 2.02. The Bertz CT molecular complexity index is 409. The first kappa shape index (κ1) is 20.9. The third-order valence-corrected chi connectivity index (χ3v) is 5.06. The molecule has 1 nitrogen and oxygen atoms in total. The number of unbranched alkanes of at least 4 members (excludes halogenated alkanes) is 10. The van der Waals surface area contributed by atoms with E-state index in [0.29, 0.717) is 5.78 Å². The summed E-state index contributed by atoms with van der Waals surface area (Å²) in [4.78, 5) is 11.9. The molecule has 0 aliphatic carbocycles. The lowest BCUT2D eigenvalue weighted by atomic mass is 9.90. The maximum absolute atomic E-state index is 11.9. The van der Waals surface area contributed by atoms with Crippen LogP contribution in [0.2, 0.25) is 0 Å². The van der Waals surface area contributed by atoms with Crippen LogP contribution in [-0.4, -0.2) is 5.78 Å². The van der Waals surface area contributed by atoms with Crippen molar-refractivity contribution in [2.24, 2.45) is 5.92 Å². The zero-order chi connectivity index (χ0) is 17.5. The van der Waals surface area contributed by atoms with Gasteiger partial charge in [0.1, 0.15) is 5.78 Å². The number of hydrogen-bond acceptors (Lipinski definition) is 1. The van der Waals surface area contributed by atoms with Crippen LogP contribution in [0.4, 0.5) is 0 Å². The highest BCUT2D eigenvalue weighted by molar-refractivity contribution is 5.78. The van der Waals surface area contributed by atoms with Gasteiger partial charge in [0, 0.05) is 5.92 Å². The monoisotopic (exact) mass is 330 g/mol. The molecule has 1 rings (SSSR count). The molecule has 0 heterocycles. The Morgan fingerprint density at radius 2 is 1.29 bits per heavy atom. The van der Waals surface area contributed by atoms with Crippen molar-refractivity contribution in [1.29, 1.82) is 0 Å². The fourth-order valence-corrected chi connectivity index (χ4v) is 3.40. The van der Waals surface area contributed by atoms with Crippen molar-refractivity contribution >= 4 is 5.78 Å². The Hall–Kier alpha value is -1.11. The van der Waals surface area contributed by atoms with Crippen molar-refractivity contribution < 1.29 is 4.79 Å². The van der Waals surface area contributed by atoms with Crippen LogP contribution >= 0.6 is 0 Å². The van der Waals surface area contributed by atoms with E-state index in [4.69, 9.17) is 0 Å². The molecule has 136 valence electrons. The van der Waals surface area contributed by atoms with Gasteiger partial charge in [0.05, 0.1) is 0 Å². The fraction of sp³-hybridized carbons (Fsp3) is 0.696. The third-order valence-electron chi connectivity index (χ3n) is 5.06. The van der Waals surface area contributed by atoms with Crippen molar-refractivity contribution in [1.82, 2.24) is 0 Å². The molecule has 0 spiro atoms. The molecule has 1 aromatic carbocycles. The molecule has 1 atom stereocenters. The Morgan fingerprint density at radius 1 is 0.792 bits per heavy atom. The molecule has 0 amide bonds. The summed E-state index contributed by atoms with van der Waals surface area (Å²) < 4.78 is 0. The molecule has 0 N–H and O–H groups in total. The molecule has 1 unspecified atom stereocenters. The summed E-state index contributed by atoms with van der Waals surface area (Å²) in [6, 6.07) is 10.4. The minimum atomic E-state index is 0.214. The molecule has 1 aromatic rings. The van der Waals surface area contributed by atoms with Crippen LogP contribution in [0.15, 0.2) is 30.3 Å². The van der Waals surface area contributed by atoms with E-state index in [2.05, 4.69) is 31.2 Å². The van der Waals surface area contributed by atoms with Gasteiger partial charge in [-0.05, 0) is 25.3 Å². The van der Waals surface area contributed by atoms with E-state index in [-0.39, 0.29) is 5.92 Å². The van der Waals surface area contributed by atoms with Gasteiger partial charge in [-0.3, -0.25) is 4.79 Å². The molecule has 1 heteroatoms. The number of rotatable bonds is 15. The van der Waals surface area contributed by atoms with Crippen LogP contribution < -0.4 is 0 Å². The van der Waals surface area contributed by atoms with Crippen LogP contribution in [0.25, 0.3) is 0 Å². The normalized spacial score (nSPS) is 12.2. The van der Waals surface area contributed by atoms with Gasteiger partial charge in [0.15, 0.2) is 0 Å². The van der Waals surface area contributed by atoms with Gasteiger partial charge in [-0.2, -0.15) is 0 Å². The summed E-state index contributed by atoms with van der Waals surface area (Å²) in [6.45, 7) is 4.03. The number of carbonyl (C=O) groups is 1. The predicted molar refractivity (Wildman–Crippen MR) is 105 cm³/mol. The van der Waals surface area contributed by atoms with E-state index in [1.165, 1.54) is 76.2 Å². The molecular formula is C23H38O. The summed E-state index contributed by atoms with van der Waals surface area (Å²) >= 11 is 0. The van der Waals surface area contributed by atoms with Crippen LogP contribution in [0.5, 0.6) is 0 Å². The molecule has 0 aliphatic heterocycles. The van der Waals surface area contributed by atoms with E-state index in [9.17, 15) is 4.79 Å². The Kier molecular flexibility index (Phi) is 12.4. The van der Waals surface area contributed by atoms with Gasteiger partial charge in [-0.1, -0.05) is 108 Å². The molecule has 0 saturated heterocycles. The van der Waals surface area contributed by atoms with Gasteiger partial charge >= 0.3 is 0 Å². The summed E-state index contributed by atoms with van der Waals surface area (Å²) in [7, 11) is 0. The second kappa shape index (κ2) is 14.3. The van der Waals surface area contributed by atoms with Crippen LogP contribution in [0, 0.1) is 5.92 Å². The summed E-state index contributed by atoms with van der Waals surface area (Å²) in [5, 5.41) is 0. The molecular weight excluding hydrogens is 292 g/mol. The number of Topliss-reactive ketones (excluding diaryl/α,β-unsaturated/α-hetero) is 1. The quantitative estimate of drug-likeness (QED) is 0.312. The number of benzene rings is 1. The lowest BCUT2D eigenvalue weighted by molar-refractivity contribution is -0.120. The average molecular weight is 331 g/mol. The van der Waals surface area contributed by atoms with Gasteiger partial charge in [0.25, 0.3) is 0 Å². The lowest BCUT2D eigenvalue weighted by Crippen LogP contribution is -2.14. The summed E-state index contributed by atoms with van der Waals surface area (Å²) in [5.74, 6) is 0.567. The molecule has 0 saturated carbocycles. The molecule has 0 aliphatic rings. The van der Waals surface area contributed by atoms with Crippen molar-refractivity contribution in [3.05, 3.63) is 35.9 Å². The molecule has 24 heavy (non-hydrogen) atoms. The standard InChI is InChI=1S/C23H38O/c1-3-4-5-6-7-8-9-10-11-12-16-19-23(21(2)24)20-22-17-14-13-15-18-22/h13-15,17-18,23H,3-12,16,19-20H2,1-2H3.